The summed E-state index contributed by atoms with van der Waals surface area (Å²) in [4.78, 5) is 11.5. The minimum Gasteiger partial charge on any atom is -0.381 e. The number of piperazine rings is 1. The highest BCUT2D eigenvalue weighted by Crippen LogP contribution is 2.31. The first-order chi connectivity index (χ1) is 15.6. The molecule has 5 rings (SSSR count). The van der Waals surface area contributed by atoms with Gasteiger partial charge in [-0.25, -0.2) is 4.98 Å². The van der Waals surface area contributed by atoms with Crippen LogP contribution in [0.1, 0.15) is 27.9 Å². The zero-order valence-corrected chi connectivity index (χ0v) is 18.4. The summed E-state index contributed by atoms with van der Waals surface area (Å²) in [6.07, 6.45) is 3.72. The van der Waals surface area contributed by atoms with Crippen molar-refractivity contribution in [3.05, 3.63) is 89.9 Å². The number of fused-ring (bicyclic) bond motifs is 1. The molecule has 0 bridgehead atoms. The van der Waals surface area contributed by atoms with Crippen molar-refractivity contribution < 1.29 is 0 Å². The third-order valence-corrected chi connectivity index (χ3v) is 6.16. The number of hydrogen-bond donors (Lipinski definition) is 3. The van der Waals surface area contributed by atoms with E-state index in [9.17, 15) is 0 Å². The van der Waals surface area contributed by atoms with Crippen molar-refractivity contribution >= 4 is 28.5 Å². The first kappa shape index (κ1) is 20.3. The van der Waals surface area contributed by atoms with Crippen molar-refractivity contribution in [1.82, 2.24) is 20.6 Å². The first-order valence-corrected chi connectivity index (χ1v) is 11.0. The fraction of sp³-hybridized carbons (Fsp3) is 0.231. The Morgan fingerprint density at radius 1 is 1.06 bits per heavy atom. The Hall–Kier alpha value is -3.64. The van der Waals surface area contributed by atoms with Gasteiger partial charge in [-0.1, -0.05) is 25.3 Å². The molecule has 0 radical (unpaired) electrons. The fourth-order valence-corrected chi connectivity index (χ4v) is 4.31. The SMILES string of the molecule is C=C1NCc2cc(C(=C)c3cc(Nc4ccnc(N5CCNCC5)c4)cnc3C)ccc21. The maximum Gasteiger partial charge on any atom is 0.130 e. The second-order valence-electron chi connectivity index (χ2n) is 8.30. The van der Waals surface area contributed by atoms with Crippen molar-refractivity contribution in [3.63, 3.8) is 0 Å². The van der Waals surface area contributed by atoms with Crippen LogP contribution < -0.4 is 20.9 Å². The molecule has 3 aromatic rings. The van der Waals surface area contributed by atoms with Crippen LogP contribution in [-0.2, 0) is 6.54 Å². The second kappa shape index (κ2) is 8.48. The predicted octanol–water partition coefficient (Wildman–Crippen LogP) is 4.07. The standard InChI is InChI=1S/C26H28N6/c1-17(20-4-5-24-18(2)29-15-21(24)12-20)25-13-23(16-30-19(25)3)31-22-6-7-28-26(14-22)32-10-8-27-9-11-32/h4-7,12-14,16,27,29H,1-2,8-11,15H2,3H3,(H,28,31). The summed E-state index contributed by atoms with van der Waals surface area (Å²) in [5.41, 5.74) is 9.42. The quantitative estimate of drug-likeness (QED) is 0.574. The van der Waals surface area contributed by atoms with E-state index in [1.807, 2.05) is 25.4 Å². The average Bonchev–Trinajstić information content (AvgIpc) is 3.20. The summed E-state index contributed by atoms with van der Waals surface area (Å²) >= 11 is 0. The Morgan fingerprint density at radius 2 is 1.91 bits per heavy atom. The van der Waals surface area contributed by atoms with Crippen LogP contribution >= 0.6 is 0 Å². The van der Waals surface area contributed by atoms with Crippen LogP contribution in [0.3, 0.4) is 0 Å². The molecule has 4 heterocycles. The van der Waals surface area contributed by atoms with E-state index in [-0.39, 0.29) is 0 Å². The van der Waals surface area contributed by atoms with Crippen molar-refractivity contribution in [2.45, 2.75) is 13.5 Å². The van der Waals surface area contributed by atoms with Crippen LogP contribution in [0.5, 0.6) is 0 Å². The van der Waals surface area contributed by atoms with E-state index in [2.05, 4.69) is 74.3 Å². The third kappa shape index (κ3) is 3.97. The van der Waals surface area contributed by atoms with Crippen LogP contribution in [0.15, 0.2) is 61.9 Å². The molecule has 0 amide bonds. The molecular weight excluding hydrogens is 396 g/mol. The van der Waals surface area contributed by atoms with E-state index in [0.29, 0.717) is 0 Å². The maximum absolute atomic E-state index is 4.63. The molecule has 0 spiro atoms. The molecule has 0 unspecified atom stereocenters. The minimum atomic E-state index is 0.811. The average molecular weight is 425 g/mol. The number of pyridine rings is 2. The molecule has 162 valence electrons. The van der Waals surface area contributed by atoms with Gasteiger partial charge >= 0.3 is 0 Å². The molecule has 32 heavy (non-hydrogen) atoms. The molecule has 0 atom stereocenters. The van der Waals surface area contributed by atoms with Gasteiger partial charge in [-0.15, -0.1) is 0 Å². The molecule has 2 aliphatic heterocycles. The number of nitrogens with zero attached hydrogens (tertiary/aromatic N) is 3. The van der Waals surface area contributed by atoms with Crippen LogP contribution in [0, 0.1) is 6.92 Å². The Labute approximate surface area is 189 Å². The number of benzene rings is 1. The van der Waals surface area contributed by atoms with Crippen LogP contribution in [0.2, 0.25) is 0 Å². The monoisotopic (exact) mass is 424 g/mol. The van der Waals surface area contributed by atoms with Gasteiger partial charge in [-0.05, 0) is 41.8 Å². The van der Waals surface area contributed by atoms with Crippen LogP contribution in [-0.4, -0.2) is 36.1 Å². The lowest BCUT2D eigenvalue weighted by molar-refractivity contribution is 0.585. The normalized spacial score (nSPS) is 15.3. The van der Waals surface area contributed by atoms with Gasteiger partial charge in [-0.2, -0.15) is 0 Å². The molecule has 1 aromatic carbocycles. The third-order valence-electron chi connectivity index (χ3n) is 6.16. The van der Waals surface area contributed by atoms with Crippen molar-refractivity contribution in [1.29, 1.82) is 0 Å². The summed E-state index contributed by atoms with van der Waals surface area (Å²) in [7, 11) is 0. The highest BCUT2D eigenvalue weighted by atomic mass is 15.2. The molecule has 1 saturated heterocycles. The van der Waals surface area contributed by atoms with Gasteiger partial charge in [0.25, 0.3) is 0 Å². The van der Waals surface area contributed by atoms with Crippen LogP contribution in [0.4, 0.5) is 17.2 Å². The van der Waals surface area contributed by atoms with E-state index < -0.39 is 0 Å². The zero-order chi connectivity index (χ0) is 22.1. The number of hydrogen-bond acceptors (Lipinski definition) is 6. The molecule has 0 saturated carbocycles. The van der Waals surface area contributed by atoms with E-state index in [4.69, 9.17) is 0 Å². The van der Waals surface area contributed by atoms with Crippen LogP contribution in [0.25, 0.3) is 11.3 Å². The summed E-state index contributed by atoms with van der Waals surface area (Å²) in [6, 6.07) is 12.6. The van der Waals surface area contributed by atoms with Gasteiger partial charge in [0, 0.05) is 73.2 Å². The smallest absolute Gasteiger partial charge is 0.130 e. The molecule has 0 aliphatic carbocycles. The van der Waals surface area contributed by atoms with Gasteiger partial charge in [0.1, 0.15) is 5.82 Å². The van der Waals surface area contributed by atoms with E-state index >= 15 is 0 Å². The lowest BCUT2D eigenvalue weighted by Gasteiger charge is -2.28. The molecule has 3 N–H and O–H groups in total. The lowest BCUT2D eigenvalue weighted by atomic mass is 9.95. The lowest BCUT2D eigenvalue weighted by Crippen LogP contribution is -2.43. The summed E-state index contributed by atoms with van der Waals surface area (Å²) in [5, 5.41) is 10.2. The molecule has 2 aliphatic rings. The van der Waals surface area contributed by atoms with Gasteiger partial charge in [0.2, 0.25) is 0 Å². The van der Waals surface area contributed by atoms with Crippen molar-refractivity contribution in [3.8, 4) is 0 Å². The molecule has 1 fully saturated rings. The maximum atomic E-state index is 4.63. The van der Waals surface area contributed by atoms with Gasteiger partial charge in [0.05, 0.1) is 11.9 Å². The Balaban J connectivity index is 1.38. The van der Waals surface area contributed by atoms with Gasteiger partial charge in [-0.3, -0.25) is 4.98 Å². The van der Waals surface area contributed by atoms with Gasteiger partial charge in [0.15, 0.2) is 0 Å². The Morgan fingerprint density at radius 3 is 2.75 bits per heavy atom. The first-order valence-electron chi connectivity index (χ1n) is 11.0. The molecule has 6 heteroatoms. The summed E-state index contributed by atoms with van der Waals surface area (Å²) < 4.78 is 0. The largest absolute Gasteiger partial charge is 0.381 e. The fourth-order valence-electron chi connectivity index (χ4n) is 4.31. The molecular formula is C26H28N6. The topological polar surface area (TPSA) is 65.1 Å². The highest BCUT2D eigenvalue weighted by Gasteiger charge is 2.16. The Kier molecular flexibility index (Phi) is 5.37. The van der Waals surface area contributed by atoms with Crippen molar-refractivity contribution in [2.75, 3.05) is 36.4 Å². The molecule has 6 nitrogen and oxygen atoms in total. The van der Waals surface area contributed by atoms with Crippen molar-refractivity contribution in [2.24, 2.45) is 0 Å². The number of rotatable bonds is 5. The van der Waals surface area contributed by atoms with Gasteiger partial charge < -0.3 is 20.9 Å². The predicted molar refractivity (Wildman–Crippen MR) is 132 cm³/mol. The Bertz CT molecular complexity index is 1190. The minimum absolute atomic E-state index is 0.811. The summed E-state index contributed by atoms with van der Waals surface area (Å²) in [5.74, 6) is 0.995. The number of nitrogens with one attached hydrogen (secondary N) is 3. The van der Waals surface area contributed by atoms with E-state index in [0.717, 1.165) is 78.0 Å². The highest BCUT2D eigenvalue weighted by molar-refractivity contribution is 5.83. The van der Waals surface area contributed by atoms with E-state index in [1.54, 1.807) is 0 Å². The zero-order valence-electron chi connectivity index (χ0n) is 18.4. The second-order valence-corrected chi connectivity index (χ2v) is 8.30. The number of anilines is 3. The summed E-state index contributed by atoms with van der Waals surface area (Å²) in [6.45, 7) is 15.2. The number of aryl methyl sites for hydroxylation is 1. The number of aromatic nitrogens is 2. The van der Waals surface area contributed by atoms with E-state index in [1.165, 1.54) is 11.1 Å². The molecule has 2 aromatic heterocycles.